The number of aromatic nitrogens is 2. The molecule has 178 valence electrons. The summed E-state index contributed by atoms with van der Waals surface area (Å²) >= 11 is 0. The molecule has 2 N–H and O–H groups in total. The minimum atomic E-state index is -0.571. The Hall–Kier alpha value is -3.68. The van der Waals surface area contributed by atoms with E-state index in [9.17, 15) is 19.2 Å². The minimum Gasteiger partial charge on any atom is -0.356 e. The van der Waals surface area contributed by atoms with Crippen LogP contribution in [0.5, 0.6) is 0 Å². The third-order valence-electron chi connectivity index (χ3n) is 6.20. The molecule has 0 spiro atoms. The van der Waals surface area contributed by atoms with Crippen LogP contribution >= 0.6 is 0 Å². The van der Waals surface area contributed by atoms with E-state index < -0.39 is 11.2 Å². The molecule has 1 aliphatic rings. The van der Waals surface area contributed by atoms with Gasteiger partial charge in [0, 0.05) is 12.6 Å². The van der Waals surface area contributed by atoms with Gasteiger partial charge in [-0.3, -0.25) is 19.0 Å². The first-order valence-electron chi connectivity index (χ1n) is 11.9. The number of nitrogens with one attached hydrogen (secondary N) is 2. The van der Waals surface area contributed by atoms with E-state index in [2.05, 4.69) is 10.6 Å². The number of hydrogen-bond acceptors (Lipinski definition) is 4. The van der Waals surface area contributed by atoms with Gasteiger partial charge in [-0.25, -0.2) is 9.36 Å². The van der Waals surface area contributed by atoms with E-state index in [1.165, 1.54) is 4.57 Å². The lowest BCUT2D eigenvalue weighted by Gasteiger charge is -2.16. The molecule has 3 aromatic rings. The predicted octanol–water partition coefficient (Wildman–Crippen LogP) is 2.28. The van der Waals surface area contributed by atoms with Gasteiger partial charge in [0.2, 0.25) is 11.8 Å². The Morgan fingerprint density at radius 2 is 1.68 bits per heavy atom. The SMILES string of the molecule is CCCNC(=O)Cc1ccc(-n2c(=O)c3ccccc3n(CC(=O)NC3CCCC3)c2=O)cc1. The lowest BCUT2D eigenvalue weighted by molar-refractivity contribution is -0.122. The summed E-state index contributed by atoms with van der Waals surface area (Å²) in [5.41, 5.74) is 0.589. The van der Waals surface area contributed by atoms with Crippen LogP contribution in [-0.4, -0.2) is 33.5 Å². The molecule has 8 nitrogen and oxygen atoms in total. The molecule has 0 aliphatic heterocycles. The average Bonchev–Trinajstić information content (AvgIpc) is 3.34. The van der Waals surface area contributed by atoms with Gasteiger partial charge < -0.3 is 10.6 Å². The molecule has 0 saturated heterocycles. The van der Waals surface area contributed by atoms with Crippen molar-refractivity contribution >= 4 is 22.7 Å². The zero-order valence-electron chi connectivity index (χ0n) is 19.4. The van der Waals surface area contributed by atoms with Gasteiger partial charge >= 0.3 is 5.69 Å². The summed E-state index contributed by atoms with van der Waals surface area (Å²) in [5.74, 6) is -0.314. The molecule has 2 amide bonds. The highest BCUT2D eigenvalue weighted by Gasteiger charge is 2.20. The van der Waals surface area contributed by atoms with Gasteiger partial charge in [-0.05, 0) is 49.1 Å². The summed E-state index contributed by atoms with van der Waals surface area (Å²) in [6, 6.07) is 13.7. The fourth-order valence-electron chi connectivity index (χ4n) is 4.46. The molecule has 0 radical (unpaired) electrons. The lowest BCUT2D eigenvalue weighted by atomic mass is 10.1. The summed E-state index contributed by atoms with van der Waals surface area (Å²) in [4.78, 5) is 51.4. The molecule has 8 heteroatoms. The third-order valence-corrected chi connectivity index (χ3v) is 6.20. The van der Waals surface area contributed by atoms with E-state index in [1.807, 2.05) is 6.92 Å². The van der Waals surface area contributed by atoms with Crippen molar-refractivity contribution in [1.29, 1.82) is 0 Å². The van der Waals surface area contributed by atoms with Crippen LogP contribution in [0.2, 0.25) is 0 Å². The first-order chi connectivity index (χ1) is 16.5. The average molecular weight is 463 g/mol. The predicted molar refractivity (Wildman–Crippen MR) is 131 cm³/mol. The van der Waals surface area contributed by atoms with Gasteiger partial charge in [0.1, 0.15) is 6.54 Å². The monoisotopic (exact) mass is 462 g/mol. The summed E-state index contributed by atoms with van der Waals surface area (Å²) in [7, 11) is 0. The Morgan fingerprint density at radius 3 is 2.38 bits per heavy atom. The van der Waals surface area contributed by atoms with Crippen LogP contribution in [-0.2, 0) is 22.6 Å². The minimum absolute atomic E-state index is 0.0758. The first-order valence-corrected chi connectivity index (χ1v) is 11.9. The van der Waals surface area contributed by atoms with Crippen molar-refractivity contribution in [3.8, 4) is 5.69 Å². The van der Waals surface area contributed by atoms with E-state index >= 15 is 0 Å². The van der Waals surface area contributed by atoms with Crippen LogP contribution in [0.1, 0.15) is 44.6 Å². The van der Waals surface area contributed by atoms with E-state index in [0.29, 0.717) is 23.1 Å². The second kappa shape index (κ2) is 10.5. The van der Waals surface area contributed by atoms with Crippen LogP contribution in [0.3, 0.4) is 0 Å². The highest BCUT2D eigenvalue weighted by molar-refractivity contribution is 5.82. The number of carbonyl (C=O) groups excluding carboxylic acids is 2. The molecule has 2 aromatic carbocycles. The summed E-state index contributed by atoms with van der Waals surface area (Å²) < 4.78 is 2.44. The normalized spacial score (nSPS) is 13.8. The fourth-order valence-corrected chi connectivity index (χ4v) is 4.46. The van der Waals surface area contributed by atoms with Crippen molar-refractivity contribution in [1.82, 2.24) is 19.8 Å². The Kier molecular flexibility index (Phi) is 7.25. The zero-order valence-corrected chi connectivity index (χ0v) is 19.4. The number of hydrogen-bond donors (Lipinski definition) is 2. The molecule has 0 atom stereocenters. The molecular weight excluding hydrogens is 432 g/mol. The van der Waals surface area contributed by atoms with E-state index in [-0.39, 0.29) is 30.8 Å². The maximum absolute atomic E-state index is 13.4. The fraction of sp³-hybridized carbons (Fsp3) is 0.385. The number of para-hydroxylation sites is 1. The van der Waals surface area contributed by atoms with Crippen LogP contribution in [0.15, 0.2) is 58.1 Å². The first kappa shape index (κ1) is 23.5. The summed E-state index contributed by atoms with van der Waals surface area (Å²) in [5, 5.41) is 6.20. The molecular formula is C26H30N4O4. The number of benzene rings is 2. The smallest absolute Gasteiger partial charge is 0.336 e. The van der Waals surface area contributed by atoms with Crippen molar-refractivity contribution in [3.63, 3.8) is 0 Å². The second-order valence-electron chi connectivity index (χ2n) is 8.77. The zero-order chi connectivity index (χ0) is 24.1. The maximum Gasteiger partial charge on any atom is 0.336 e. The maximum atomic E-state index is 13.4. The van der Waals surface area contributed by atoms with Gasteiger partial charge in [-0.15, -0.1) is 0 Å². The van der Waals surface area contributed by atoms with Crippen molar-refractivity contribution in [2.24, 2.45) is 0 Å². The number of amides is 2. The molecule has 34 heavy (non-hydrogen) atoms. The Labute approximate surface area is 197 Å². The summed E-state index contributed by atoms with van der Waals surface area (Å²) in [6.45, 7) is 2.45. The molecule has 1 fully saturated rings. The number of carbonyl (C=O) groups is 2. The van der Waals surface area contributed by atoms with Crippen molar-refractivity contribution in [2.75, 3.05) is 6.54 Å². The molecule has 1 heterocycles. The van der Waals surface area contributed by atoms with Gasteiger partial charge in [0.15, 0.2) is 0 Å². The van der Waals surface area contributed by atoms with Crippen molar-refractivity contribution in [2.45, 2.75) is 58.0 Å². The summed E-state index contributed by atoms with van der Waals surface area (Å²) in [6.07, 6.45) is 5.16. The van der Waals surface area contributed by atoms with E-state index in [4.69, 9.17) is 0 Å². The number of fused-ring (bicyclic) bond motifs is 1. The molecule has 1 aliphatic carbocycles. The Morgan fingerprint density at radius 1 is 0.971 bits per heavy atom. The quantitative estimate of drug-likeness (QED) is 0.536. The second-order valence-corrected chi connectivity index (χ2v) is 8.77. The van der Waals surface area contributed by atoms with Gasteiger partial charge in [-0.1, -0.05) is 44.0 Å². The molecule has 1 aromatic heterocycles. The van der Waals surface area contributed by atoms with Crippen LogP contribution < -0.4 is 21.9 Å². The van der Waals surface area contributed by atoms with E-state index in [1.54, 1.807) is 48.5 Å². The van der Waals surface area contributed by atoms with Gasteiger partial charge in [0.25, 0.3) is 5.56 Å². The lowest BCUT2D eigenvalue weighted by Crippen LogP contribution is -2.43. The van der Waals surface area contributed by atoms with Gasteiger partial charge in [0.05, 0.1) is 23.0 Å². The van der Waals surface area contributed by atoms with Gasteiger partial charge in [-0.2, -0.15) is 0 Å². The van der Waals surface area contributed by atoms with Crippen LogP contribution in [0.4, 0.5) is 0 Å². The molecule has 0 bridgehead atoms. The number of rotatable bonds is 8. The Balaban J connectivity index is 1.67. The topological polar surface area (TPSA) is 102 Å². The standard InChI is InChI=1S/C26H30N4O4/c1-2-15-27-23(31)16-18-11-13-20(14-12-18)30-25(33)21-9-5-6-10-22(21)29(26(30)34)17-24(32)28-19-7-3-4-8-19/h5-6,9-14,19H,2-4,7-8,15-17H2,1H3,(H,27,31)(H,28,32). The highest BCUT2D eigenvalue weighted by atomic mass is 16.2. The molecule has 1 saturated carbocycles. The van der Waals surface area contributed by atoms with Crippen LogP contribution in [0.25, 0.3) is 16.6 Å². The number of nitrogens with zero attached hydrogens (tertiary/aromatic N) is 2. The highest BCUT2D eigenvalue weighted by Crippen LogP contribution is 2.18. The molecule has 0 unspecified atom stereocenters. The van der Waals surface area contributed by atoms with Crippen molar-refractivity contribution < 1.29 is 9.59 Å². The Bertz CT molecular complexity index is 1300. The van der Waals surface area contributed by atoms with E-state index in [0.717, 1.165) is 42.2 Å². The largest absolute Gasteiger partial charge is 0.356 e. The third kappa shape index (κ3) is 5.11. The molecule has 4 rings (SSSR count). The van der Waals surface area contributed by atoms with Crippen molar-refractivity contribution in [3.05, 3.63) is 74.9 Å². The van der Waals surface area contributed by atoms with Crippen LogP contribution in [0, 0.1) is 0 Å².